The topological polar surface area (TPSA) is 18.5 Å². The molecule has 1 heterocycles. The summed E-state index contributed by atoms with van der Waals surface area (Å²) >= 11 is 3.60. The van der Waals surface area contributed by atoms with Gasteiger partial charge in [-0.1, -0.05) is 22.9 Å². The zero-order chi connectivity index (χ0) is 10.4. The highest BCUT2D eigenvalue weighted by Crippen LogP contribution is 2.33. The van der Waals surface area contributed by atoms with Crippen molar-refractivity contribution in [3.05, 3.63) is 0 Å². The molecule has 1 aliphatic rings. The van der Waals surface area contributed by atoms with Gasteiger partial charge in [0.2, 0.25) is 0 Å². The van der Waals surface area contributed by atoms with Crippen molar-refractivity contribution in [1.29, 1.82) is 0 Å². The summed E-state index contributed by atoms with van der Waals surface area (Å²) in [4.78, 5) is 0. The van der Waals surface area contributed by atoms with Gasteiger partial charge in [0.1, 0.15) is 0 Å². The van der Waals surface area contributed by atoms with Crippen LogP contribution in [0.3, 0.4) is 0 Å². The summed E-state index contributed by atoms with van der Waals surface area (Å²) in [5.74, 6) is 0. The van der Waals surface area contributed by atoms with Crippen molar-refractivity contribution in [1.82, 2.24) is 0 Å². The van der Waals surface area contributed by atoms with Crippen LogP contribution in [0.15, 0.2) is 0 Å². The molecule has 1 unspecified atom stereocenters. The van der Waals surface area contributed by atoms with E-state index in [0.717, 1.165) is 44.4 Å². The van der Waals surface area contributed by atoms with Crippen molar-refractivity contribution in [3.8, 4) is 0 Å². The number of hydrogen-bond acceptors (Lipinski definition) is 2. The Morgan fingerprint density at radius 1 is 1.43 bits per heavy atom. The van der Waals surface area contributed by atoms with E-state index in [0.29, 0.717) is 11.5 Å². The zero-order valence-corrected chi connectivity index (χ0v) is 10.8. The molecule has 1 rings (SSSR count). The van der Waals surface area contributed by atoms with Crippen LogP contribution in [0.25, 0.3) is 0 Å². The van der Waals surface area contributed by atoms with E-state index < -0.39 is 0 Å². The van der Waals surface area contributed by atoms with Gasteiger partial charge in [-0.15, -0.1) is 0 Å². The first-order chi connectivity index (χ1) is 6.72. The molecule has 1 fully saturated rings. The molecule has 0 N–H and O–H groups in total. The Morgan fingerprint density at radius 2 is 2.07 bits per heavy atom. The van der Waals surface area contributed by atoms with Crippen molar-refractivity contribution >= 4 is 15.9 Å². The SMILES string of the molecule is CCC(C)OCC1(CBr)CCOCC1. The van der Waals surface area contributed by atoms with E-state index in [1.54, 1.807) is 0 Å². The van der Waals surface area contributed by atoms with Crippen LogP contribution in [0.4, 0.5) is 0 Å². The average Bonchev–Trinajstić information content (AvgIpc) is 2.27. The highest BCUT2D eigenvalue weighted by Gasteiger charge is 2.32. The van der Waals surface area contributed by atoms with Gasteiger partial charge in [0.15, 0.2) is 0 Å². The second kappa shape index (κ2) is 6.09. The fourth-order valence-corrected chi connectivity index (χ4v) is 2.28. The summed E-state index contributed by atoms with van der Waals surface area (Å²) in [7, 11) is 0. The molecule has 3 heteroatoms. The maximum atomic E-state index is 5.84. The van der Waals surface area contributed by atoms with Crippen molar-refractivity contribution < 1.29 is 9.47 Å². The molecule has 0 aromatic carbocycles. The smallest absolute Gasteiger partial charge is 0.0544 e. The first kappa shape index (κ1) is 12.5. The molecule has 14 heavy (non-hydrogen) atoms. The van der Waals surface area contributed by atoms with Crippen LogP contribution in [-0.2, 0) is 9.47 Å². The molecule has 0 aliphatic carbocycles. The molecule has 2 nitrogen and oxygen atoms in total. The minimum atomic E-state index is 0.321. The molecule has 0 saturated carbocycles. The third kappa shape index (κ3) is 3.52. The maximum absolute atomic E-state index is 5.84. The minimum absolute atomic E-state index is 0.321. The molecule has 1 aliphatic heterocycles. The molecule has 0 radical (unpaired) electrons. The van der Waals surface area contributed by atoms with Gasteiger partial charge in [-0.25, -0.2) is 0 Å². The molecule has 0 spiro atoms. The molecule has 1 atom stereocenters. The standard InChI is InChI=1S/C11H21BrO2/c1-3-10(2)14-9-11(8-12)4-6-13-7-5-11/h10H,3-9H2,1-2H3. The molecule has 0 bridgehead atoms. The summed E-state index contributed by atoms with van der Waals surface area (Å²) in [5, 5.41) is 1.03. The minimum Gasteiger partial charge on any atom is -0.381 e. The lowest BCUT2D eigenvalue weighted by Crippen LogP contribution is -2.36. The molecule has 0 amide bonds. The Balaban J connectivity index is 2.36. The number of halogens is 1. The molecular formula is C11H21BrO2. The first-order valence-electron chi connectivity index (χ1n) is 5.48. The van der Waals surface area contributed by atoms with Gasteiger partial charge in [-0.05, 0) is 26.2 Å². The monoisotopic (exact) mass is 264 g/mol. The van der Waals surface area contributed by atoms with Crippen molar-refractivity contribution in [2.24, 2.45) is 5.41 Å². The normalized spacial score (nSPS) is 23.4. The third-order valence-corrected chi connectivity index (χ3v) is 4.28. The lowest BCUT2D eigenvalue weighted by molar-refractivity contribution is -0.0479. The third-order valence-electron chi connectivity index (χ3n) is 3.09. The molecule has 0 aromatic rings. The van der Waals surface area contributed by atoms with Crippen LogP contribution in [0.5, 0.6) is 0 Å². The Kier molecular flexibility index (Phi) is 5.42. The Morgan fingerprint density at radius 3 is 2.57 bits per heavy atom. The van der Waals surface area contributed by atoms with Crippen LogP contribution in [-0.4, -0.2) is 31.3 Å². The van der Waals surface area contributed by atoms with Crippen LogP contribution >= 0.6 is 15.9 Å². The largest absolute Gasteiger partial charge is 0.381 e. The molecule has 0 aromatic heterocycles. The predicted octanol–water partition coefficient (Wildman–Crippen LogP) is 2.99. The number of ether oxygens (including phenoxy) is 2. The van der Waals surface area contributed by atoms with E-state index in [1.165, 1.54) is 0 Å². The summed E-state index contributed by atoms with van der Waals surface area (Å²) in [5.41, 5.74) is 0.321. The average molecular weight is 265 g/mol. The molecule has 84 valence electrons. The van der Waals surface area contributed by atoms with Gasteiger partial charge in [0.25, 0.3) is 0 Å². The van der Waals surface area contributed by atoms with Crippen molar-refractivity contribution in [2.75, 3.05) is 25.2 Å². The maximum Gasteiger partial charge on any atom is 0.0544 e. The second-order valence-electron chi connectivity index (χ2n) is 4.28. The van der Waals surface area contributed by atoms with E-state index in [9.17, 15) is 0 Å². The van der Waals surface area contributed by atoms with Crippen LogP contribution < -0.4 is 0 Å². The lowest BCUT2D eigenvalue weighted by Gasteiger charge is -2.36. The highest BCUT2D eigenvalue weighted by molar-refractivity contribution is 9.09. The van der Waals surface area contributed by atoms with Crippen molar-refractivity contribution in [2.45, 2.75) is 39.2 Å². The van der Waals surface area contributed by atoms with Crippen LogP contribution in [0.2, 0.25) is 0 Å². The fraction of sp³-hybridized carbons (Fsp3) is 1.00. The molecule has 1 saturated heterocycles. The lowest BCUT2D eigenvalue weighted by atomic mass is 9.83. The van der Waals surface area contributed by atoms with Gasteiger partial charge in [-0.2, -0.15) is 0 Å². The van der Waals surface area contributed by atoms with Gasteiger partial charge in [0.05, 0.1) is 12.7 Å². The number of rotatable bonds is 5. The summed E-state index contributed by atoms with van der Waals surface area (Å²) < 4.78 is 11.2. The van der Waals surface area contributed by atoms with Gasteiger partial charge < -0.3 is 9.47 Å². The van der Waals surface area contributed by atoms with E-state index in [4.69, 9.17) is 9.47 Å². The zero-order valence-electron chi connectivity index (χ0n) is 9.22. The van der Waals surface area contributed by atoms with E-state index in [1.807, 2.05) is 0 Å². The predicted molar refractivity (Wildman–Crippen MR) is 62.0 cm³/mol. The highest BCUT2D eigenvalue weighted by atomic mass is 79.9. The van der Waals surface area contributed by atoms with Gasteiger partial charge >= 0.3 is 0 Å². The summed E-state index contributed by atoms with van der Waals surface area (Å²) in [6.07, 6.45) is 3.71. The quantitative estimate of drug-likeness (QED) is 0.711. The first-order valence-corrected chi connectivity index (χ1v) is 6.60. The summed E-state index contributed by atoms with van der Waals surface area (Å²) in [6, 6.07) is 0. The Hall–Kier alpha value is 0.400. The summed E-state index contributed by atoms with van der Waals surface area (Å²) in [6.45, 7) is 6.94. The van der Waals surface area contributed by atoms with E-state index >= 15 is 0 Å². The Bertz CT molecular complexity index is 155. The number of hydrogen-bond donors (Lipinski definition) is 0. The molecular weight excluding hydrogens is 244 g/mol. The van der Waals surface area contributed by atoms with Crippen LogP contribution in [0, 0.1) is 5.41 Å². The second-order valence-corrected chi connectivity index (χ2v) is 4.84. The Labute approximate surface area is 95.5 Å². The van der Waals surface area contributed by atoms with Gasteiger partial charge in [-0.3, -0.25) is 0 Å². The van der Waals surface area contributed by atoms with Crippen LogP contribution in [0.1, 0.15) is 33.1 Å². The van der Waals surface area contributed by atoms with E-state index in [-0.39, 0.29) is 0 Å². The fourth-order valence-electron chi connectivity index (χ4n) is 1.56. The number of alkyl halides is 1. The van der Waals surface area contributed by atoms with Gasteiger partial charge in [0, 0.05) is 24.0 Å². The van der Waals surface area contributed by atoms with E-state index in [2.05, 4.69) is 29.8 Å². The van der Waals surface area contributed by atoms with Crippen molar-refractivity contribution in [3.63, 3.8) is 0 Å².